The summed E-state index contributed by atoms with van der Waals surface area (Å²) < 4.78 is 5.80. The van der Waals surface area contributed by atoms with Gasteiger partial charge in [-0.1, -0.05) is 42.5 Å². The standard InChI is InChI=1S/C18H21NO/c1-13(19)17-11-18(17)15-7-9-16(10-8-15)20-12-14-5-3-2-4-6-14/h2-10,13,17-18H,11-12,19H2,1H3/t13-,17+,18+/m0/s1. The molecule has 0 bridgehead atoms. The van der Waals surface area contributed by atoms with Crippen LogP contribution < -0.4 is 10.5 Å². The molecule has 20 heavy (non-hydrogen) atoms. The Morgan fingerprint density at radius 1 is 1.10 bits per heavy atom. The first-order valence-corrected chi connectivity index (χ1v) is 7.26. The van der Waals surface area contributed by atoms with Crippen LogP contribution >= 0.6 is 0 Å². The molecule has 104 valence electrons. The molecule has 1 aliphatic rings. The lowest BCUT2D eigenvalue weighted by Crippen LogP contribution is -2.17. The molecule has 1 fully saturated rings. The van der Waals surface area contributed by atoms with E-state index < -0.39 is 0 Å². The Hall–Kier alpha value is -1.80. The smallest absolute Gasteiger partial charge is 0.119 e. The molecule has 1 aliphatic carbocycles. The molecule has 2 aromatic rings. The summed E-state index contributed by atoms with van der Waals surface area (Å²) >= 11 is 0. The van der Waals surface area contributed by atoms with Crippen molar-refractivity contribution in [2.24, 2.45) is 11.7 Å². The Morgan fingerprint density at radius 2 is 1.80 bits per heavy atom. The predicted molar refractivity (Wildman–Crippen MR) is 81.7 cm³/mol. The molecule has 0 amide bonds. The highest BCUT2D eigenvalue weighted by atomic mass is 16.5. The second kappa shape index (κ2) is 5.68. The number of hydrogen-bond acceptors (Lipinski definition) is 2. The van der Waals surface area contributed by atoms with Gasteiger partial charge in [-0.15, -0.1) is 0 Å². The third-order valence-corrected chi connectivity index (χ3v) is 4.07. The Morgan fingerprint density at radius 3 is 2.40 bits per heavy atom. The molecule has 3 atom stereocenters. The van der Waals surface area contributed by atoms with E-state index in [2.05, 4.69) is 43.3 Å². The van der Waals surface area contributed by atoms with Crippen LogP contribution in [0.25, 0.3) is 0 Å². The molecule has 0 radical (unpaired) electrons. The first kappa shape index (κ1) is 13.2. The van der Waals surface area contributed by atoms with E-state index in [-0.39, 0.29) is 0 Å². The van der Waals surface area contributed by atoms with Gasteiger partial charge in [0.1, 0.15) is 12.4 Å². The zero-order valence-corrected chi connectivity index (χ0v) is 11.8. The molecule has 0 saturated heterocycles. The summed E-state index contributed by atoms with van der Waals surface area (Å²) in [5.41, 5.74) is 8.52. The van der Waals surface area contributed by atoms with Crippen LogP contribution in [0.15, 0.2) is 54.6 Å². The van der Waals surface area contributed by atoms with Crippen LogP contribution in [0, 0.1) is 5.92 Å². The third kappa shape index (κ3) is 3.02. The van der Waals surface area contributed by atoms with Gasteiger partial charge < -0.3 is 10.5 Å². The summed E-state index contributed by atoms with van der Waals surface area (Å²) in [6.07, 6.45) is 1.22. The molecule has 3 rings (SSSR count). The molecule has 2 aromatic carbocycles. The van der Waals surface area contributed by atoms with Gasteiger partial charge in [0, 0.05) is 6.04 Å². The van der Waals surface area contributed by atoms with Crippen molar-refractivity contribution in [2.45, 2.75) is 31.9 Å². The fourth-order valence-corrected chi connectivity index (χ4v) is 2.73. The summed E-state index contributed by atoms with van der Waals surface area (Å²) in [5, 5.41) is 0. The van der Waals surface area contributed by atoms with Crippen molar-refractivity contribution >= 4 is 0 Å². The van der Waals surface area contributed by atoms with E-state index in [1.54, 1.807) is 0 Å². The van der Waals surface area contributed by atoms with Gasteiger partial charge in [0.05, 0.1) is 0 Å². The monoisotopic (exact) mass is 267 g/mol. The summed E-state index contributed by atoms with van der Waals surface area (Å²) in [6, 6.07) is 19.0. The molecular formula is C18H21NO. The number of rotatable bonds is 5. The Bertz CT molecular complexity index is 547. The first-order valence-electron chi connectivity index (χ1n) is 7.26. The second-order valence-electron chi connectivity index (χ2n) is 5.71. The molecule has 0 unspecified atom stereocenters. The highest BCUT2D eigenvalue weighted by Gasteiger charge is 2.40. The summed E-state index contributed by atoms with van der Waals surface area (Å²) in [7, 11) is 0. The maximum atomic E-state index is 5.94. The quantitative estimate of drug-likeness (QED) is 0.896. The van der Waals surface area contributed by atoms with Crippen molar-refractivity contribution in [3.8, 4) is 5.75 Å². The van der Waals surface area contributed by atoms with Gasteiger partial charge in [0.15, 0.2) is 0 Å². The van der Waals surface area contributed by atoms with Crippen molar-refractivity contribution in [1.82, 2.24) is 0 Å². The lowest BCUT2D eigenvalue weighted by atomic mass is 10.1. The largest absolute Gasteiger partial charge is 0.489 e. The van der Waals surface area contributed by atoms with Crippen molar-refractivity contribution in [3.63, 3.8) is 0 Å². The van der Waals surface area contributed by atoms with E-state index in [4.69, 9.17) is 10.5 Å². The molecule has 2 nitrogen and oxygen atoms in total. The highest BCUT2D eigenvalue weighted by molar-refractivity contribution is 5.33. The maximum Gasteiger partial charge on any atom is 0.119 e. The minimum Gasteiger partial charge on any atom is -0.489 e. The van der Waals surface area contributed by atoms with Gasteiger partial charge in [0.25, 0.3) is 0 Å². The fraction of sp³-hybridized carbons (Fsp3) is 0.333. The lowest BCUT2D eigenvalue weighted by Gasteiger charge is -2.08. The van der Waals surface area contributed by atoms with E-state index in [1.807, 2.05) is 18.2 Å². The Labute approximate surface area is 120 Å². The van der Waals surface area contributed by atoms with E-state index in [0.29, 0.717) is 24.5 Å². The minimum atomic E-state index is 0.300. The fourth-order valence-electron chi connectivity index (χ4n) is 2.73. The van der Waals surface area contributed by atoms with Crippen LogP contribution in [0.2, 0.25) is 0 Å². The van der Waals surface area contributed by atoms with Crippen molar-refractivity contribution < 1.29 is 4.74 Å². The van der Waals surface area contributed by atoms with Crippen LogP contribution in [0.4, 0.5) is 0 Å². The Kier molecular flexibility index (Phi) is 3.75. The van der Waals surface area contributed by atoms with Crippen LogP contribution in [0.1, 0.15) is 30.4 Å². The number of hydrogen-bond donors (Lipinski definition) is 1. The van der Waals surface area contributed by atoms with Gasteiger partial charge in [-0.25, -0.2) is 0 Å². The van der Waals surface area contributed by atoms with Crippen molar-refractivity contribution in [3.05, 3.63) is 65.7 Å². The van der Waals surface area contributed by atoms with Gasteiger partial charge in [0.2, 0.25) is 0 Å². The zero-order chi connectivity index (χ0) is 13.9. The SMILES string of the molecule is C[C@H](N)[C@H]1C[C@@H]1c1ccc(OCc2ccccc2)cc1. The van der Waals surface area contributed by atoms with Gasteiger partial charge >= 0.3 is 0 Å². The number of benzene rings is 2. The van der Waals surface area contributed by atoms with Crippen LogP contribution in [-0.4, -0.2) is 6.04 Å². The van der Waals surface area contributed by atoms with E-state index in [1.165, 1.54) is 17.5 Å². The molecule has 0 spiro atoms. The molecule has 2 N–H and O–H groups in total. The van der Waals surface area contributed by atoms with Crippen LogP contribution in [-0.2, 0) is 6.61 Å². The maximum absolute atomic E-state index is 5.94. The molecule has 0 aliphatic heterocycles. The third-order valence-electron chi connectivity index (χ3n) is 4.07. The molecule has 0 aromatic heterocycles. The topological polar surface area (TPSA) is 35.2 Å². The predicted octanol–water partition coefficient (Wildman–Crippen LogP) is 3.72. The van der Waals surface area contributed by atoms with Crippen molar-refractivity contribution in [1.29, 1.82) is 0 Å². The second-order valence-corrected chi connectivity index (χ2v) is 5.71. The summed E-state index contributed by atoms with van der Waals surface area (Å²) in [5.74, 6) is 2.24. The highest BCUT2D eigenvalue weighted by Crippen LogP contribution is 2.49. The lowest BCUT2D eigenvalue weighted by molar-refractivity contribution is 0.306. The Balaban J connectivity index is 1.57. The molecule has 2 heteroatoms. The van der Waals surface area contributed by atoms with Gasteiger partial charge in [-0.3, -0.25) is 0 Å². The minimum absolute atomic E-state index is 0.300. The van der Waals surface area contributed by atoms with E-state index in [9.17, 15) is 0 Å². The molecular weight excluding hydrogens is 246 g/mol. The summed E-state index contributed by atoms with van der Waals surface area (Å²) in [4.78, 5) is 0. The van der Waals surface area contributed by atoms with Crippen molar-refractivity contribution in [2.75, 3.05) is 0 Å². The van der Waals surface area contributed by atoms with Gasteiger partial charge in [-0.05, 0) is 48.4 Å². The van der Waals surface area contributed by atoms with Crippen LogP contribution in [0.3, 0.4) is 0 Å². The zero-order valence-electron chi connectivity index (χ0n) is 11.8. The molecule has 1 saturated carbocycles. The average molecular weight is 267 g/mol. The molecule has 0 heterocycles. The van der Waals surface area contributed by atoms with Crippen LogP contribution in [0.5, 0.6) is 5.75 Å². The first-order chi connectivity index (χ1) is 9.74. The average Bonchev–Trinajstić information content (AvgIpc) is 3.27. The summed E-state index contributed by atoms with van der Waals surface area (Å²) in [6.45, 7) is 2.72. The normalized spacial score (nSPS) is 22.3. The van der Waals surface area contributed by atoms with E-state index >= 15 is 0 Å². The van der Waals surface area contributed by atoms with Gasteiger partial charge in [-0.2, -0.15) is 0 Å². The number of ether oxygens (including phenoxy) is 1. The van der Waals surface area contributed by atoms with E-state index in [0.717, 1.165) is 5.75 Å². The number of nitrogens with two attached hydrogens (primary N) is 1.